The van der Waals surface area contributed by atoms with Crippen LogP contribution in [0.1, 0.15) is 11.1 Å². The average molecular weight is 212 g/mol. The van der Waals surface area contributed by atoms with Gasteiger partial charge in [0.25, 0.3) is 0 Å². The number of methoxy groups -OCH3 is 1. The lowest BCUT2D eigenvalue weighted by Crippen LogP contribution is -1.93. The summed E-state index contributed by atoms with van der Waals surface area (Å²) in [5.41, 5.74) is 7.32. The Morgan fingerprint density at radius 3 is 2.79 bits per heavy atom. The van der Waals surface area contributed by atoms with E-state index in [0.29, 0.717) is 11.6 Å². The highest BCUT2D eigenvalue weighted by Gasteiger charge is 2.03. The topological polar surface area (TPSA) is 35.2 Å². The summed E-state index contributed by atoms with van der Waals surface area (Å²) in [6.07, 6.45) is 3.80. The molecule has 0 aliphatic heterocycles. The second-order valence-corrected chi connectivity index (χ2v) is 3.38. The van der Waals surface area contributed by atoms with Gasteiger partial charge in [-0.25, -0.2) is 0 Å². The van der Waals surface area contributed by atoms with Crippen molar-refractivity contribution in [2.45, 2.75) is 6.92 Å². The van der Waals surface area contributed by atoms with Crippen LogP contribution in [-0.4, -0.2) is 13.7 Å². The van der Waals surface area contributed by atoms with Crippen LogP contribution in [0.2, 0.25) is 5.02 Å². The molecule has 1 rings (SSSR count). The Morgan fingerprint density at radius 2 is 2.21 bits per heavy atom. The van der Waals surface area contributed by atoms with Gasteiger partial charge < -0.3 is 10.5 Å². The van der Waals surface area contributed by atoms with E-state index >= 15 is 0 Å². The Hall–Kier alpha value is -0.990. The molecule has 2 nitrogen and oxygen atoms in total. The summed E-state index contributed by atoms with van der Waals surface area (Å²) in [7, 11) is 1.63. The molecule has 0 atom stereocenters. The van der Waals surface area contributed by atoms with E-state index in [-0.39, 0.29) is 0 Å². The van der Waals surface area contributed by atoms with Gasteiger partial charge in [0.15, 0.2) is 0 Å². The molecule has 0 aromatic heterocycles. The molecule has 0 aliphatic rings. The molecule has 0 spiro atoms. The molecule has 0 aliphatic carbocycles. The molecular weight excluding hydrogens is 198 g/mol. The third kappa shape index (κ3) is 2.50. The minimum atomic E-state index is 0.522. The Kier molecular flexibility index (Phi) is 3.98. The molecule has 0 fully saturated rings. The molecule has 1 aromatic rings. The van der Waals surface area contributed by atoms with Gasteiger partial charge >= 0.3 is 0 Å². The molecule has 3 heteroatoms. The fourth-order valence-electron chi connectivity index (χ4n) is 1.19. The summed E-state index contributed by atoms with van der Waals surface area (Å²) in [6, 6.07) is 3.83. The highest BCUT2D eigenvalue weighted by Crippen LogP contribution is 2.27. The molecule has 0 saturated heterocycles. The van der Waals surface area contributed by atoms with E-state index in [1.165, 1.54) is 0 Å². The monoisotopic (exact) mass is 211 g/mol. The second-order valence-electron chi connectivity index (χ2n) is 2.97. The van der Waals surface area contributed by atoms with E-state index in [1.54, 1.807) is 7.11 Å². The van der Waals surface area contributed by atoms with E-state index in [0.717, 1.165) is 16.9 Å². The largest absolute Gasteiger partial charge is 0.496 e. The van der Waals surface area contributed by atoms with Crippen molar-refractivity contribution < 1.29 is 4.74 Å². The van der Waals surface area contributed by atoms with Gasteiger partial charge in [0.2, 0.25) is 0 Å². The van der Waals surface area contributed by atoms with E-state index in [1.807, 2.05) is 31.2 Å². The summed E-state index contributed by atoms with van der Waals surface area (Å²) in [4.78, 5) is 0. The van der Waals surface area contributed by atoms with Gasteiger partial charge in [0.1, 0.15) is 5.75 Å². The van der Waals surface area contributed by atoms with Gasteiger partial charge in [-0.05, 0) is 24.6 Å². The lowest BCUT2D eigenvalue weighted by atomic mass is 10.1. The van der Waals surface area contributed by atoms with E-state index in [9.17, 15) is 0 Å². The van der Waals surface area contributed by atoms with Crippen LogP contribution < -0.4 is 10.5 Å². The van der Waals surface area contributed by atoms with Gasteiger partial charge in [-0.15, -0.1) is 0 Å². The van der Waals surface area contributed by atoms with Gasteiger partial charge in [-0.3, -0.25) is 0 Å². The number of hydrogen-bond acceptors (Lipinski definition) is 2. The number of hydrogen-bond donors (Lipinski definition) is 1. The van der Waals surface area contributed by atoms with Crippen molar-refractivity contribution in [3.8, 4) is 5.75 Å². The number of halogens is 1. The first kappa shape index (κ1) is 11.1. The Morgan fingerprint density at radius 1 is 1.50 bits per heavy atom. The third-order valence-corrected chi connectivity index (χ3v) is 2.38. The maximum Gasteiger partial charge on any atom is 0.123 e. The molecular formula is C11H14ClNO. The fraction of sp³-hybridized carbons (Fsp3) is 0.273. The van der Waals surface area contributed by atoms with Crippen LogP contribution in [0.4, 0.5) is 0 Å². The fourth-order valence-corrected chi connectivity index (χ4v) is 1.41. The van der Waals surface area contributed by atoms with Gasteiger partial charge in [0.05, 0.1) is 7.11 Å². The smallest absolute Gasteiger partial charge is 0.123 e. The molecule has 0 bridgehead atoms. The van der Waals surface area contributed by atoms with E-state index < -0.39 is 0 Å². The maximum atomic E-state index is 6.03. The van der Waals surface area contributed by atoms with Crippen LogP contribution in [-0.2, 0) is 0 Å². The van der Waals surface area contributed by atoms with Crippen molar-refractivity contribution in [3.05, 3.63) is 34.4 Å². The van der Waals surface area contributed by atoms with Gasteiger partial charge in [-0.1, -0.05) is 23.8 Å². The zero-order valence-electron chi connectivity index (χ0n) is 8.38. The first-order valence-corrected chi connectivity index (χ1v) is 4.77. The number of ether oxygens (including phenoxy) is 1. The Bertz CT molecular complexity index is 347. The number of rotatable bonds is 3. The highest BCUT2D eigenvalue weighted by molar-refractivity contribution is 6.31. The van der Waals surface area contributed by atoms with Crippen molar-refractivity contribution in [1.82, 2.24) is 0 Å². The summed E-state index contributed by atoms with van der Waals surface area (Å²) < 4.78 is 5.20. The summed E-state index contributed by atoms with van der Waals surface area (Å²) in [5.74, 6) is 0.800. The van der Waals surface area contributed by atoms with Crippen molar-refractivity contribution in [2.24, 2.45) is 5.73 Å². The first-order chi connectivity index (χ1) is 6.69. The Balaban J connectivity index is 3.09. The van der Waals surface area contributed by atoms with E-state index in [2.05, 4.69) is 0 Å². The molecule has 0 unspecified atom stereocenters. The second kappa shape index (κ2) is 5.03. The summed E-state index contributed by atoms with van der Waals surface area (Å²) >= 11 is 6.03. The molecule has 0 radical (unpaired) electrons. The molecule has 14 heavy (non-hydrogen) atoms. The average Bonchev–Trinajstić information content (AvgIpc) is 2.19. The summed E-state index contributed by atoms with van der Waals surface area (Å²) in [5, 5.41) is 0.709. The van der Waals surface area contributed by atoms with Gasteiger partial charge in [-0.2, -0.15) is 0 Å². The zero-order chi connectivity index (χ0) is 10.6. The SMILES string of the molecule is COc1cc(/C=C/CN)cc(Cl)c1C. The van der Waals surface area contributed by atoms with Crippen LogP contribution in [0.25, 0.3) is 6.08 Å². The highest BCUT2D eigenvalue weighted by atomic mass is 35.5. The Labute approximate surface area is 89.3 Å². The lowest BCUT2D eigenvalue weighted by molar-refractivity contribution is 0.411. The number of benzene rings is 1. The molecule has 0 amide bonds. The standard InChI is InChI=1S/C11H14ClNO/c1-8-10(12)6-9(4-3-5-13)7-11(8)14-2/h3-4,6-7H,5,13H2,1-2H3/b4-3+. The van der Waals surface area contributed by atoms with Crippen molar-refractivity contribution >= 4 is 17.7 Å². The van der Waals surface area contributed by atoms with Crippen molar-refractivity contribution in [1.29, 1.82) is 0 Å². The van der Waals surface area contributed by atoms with E-state index in [4.69, 9.17) is 22.1 Å². The first-order valence-electron chi connectivity index (χ1n) is 4.39. The summed E-state index contributed by atoms with van der Waals surface area (Å²) in [6.45, 7) is 2.45. The van der Waals surface area contributed by atoms with Crippen LogP contribution in [0, 0.1) is 6.92 Å². The number of nitrogens with two attached hydrogens (primary N) is 1. The predicted octanol–water partition coefficient (Wildman–Crippen LogP) is 2.63. The van der Waals surface area contributed by atoms with Crippen molar-refractivity contribution in [3.63, 3.8) is 0 Å². The maximum absolute atomic E-state index is 6.03. The quantitative estimate of drug-likeness (QED) is 0.834. The molecule has 0 saturated carbocycles. The molecule has 76 valence electrons. The molecule has 2 N–H and O–H groups in total. The normalized spacial score (nSPS) is 10.9. The van der Waals surface area contributed by atoms with Crippen LogP contribution in [0.5, 0.6) is 5.75 Å². The molecule has 1 aromatic carbocycles. The molecule has 0 heterocycles. The van der Waals surface area contributed by atoms with Crippen molar-refractivity contribution in [2.75, 3.05) is 13.7 Å². The van der Waals surface area contributed by atoms with Crippen LogP contribution >= 0.6 is 11.6 Å². The minimum absolute atomic E-state index is 0.522. The van der Waals surface area contributed by atoms with Gasteiger partial charge in [0, 0.05) is 17.1 Å². The zero-order valence-corrected chi connectivity index (χ0v) is 9.14. The lowest BCUT2D eigenvalue weighted by Gasteiger charge is -2.07. The van der Waals surface area contributed by atoms with Crippen LogP contribution in [0.15, 0.2) is 18.2 Å². The predicted molar refractivity (Wildman–Crippen MR) is 60.8 cm³/mol. The minimum Gasteiger partial charge on any atom is -0.496 e. The van der Waals surface area contributed by atoms with Crippen LogP contribution in [0.3, 0.4) is 0 Å². The third-order valence-electron chi connectivity index (χ3n) is 1.99.